The van der Waals surface area contributed by atoms with E-state index < -0.39 is 47.5 Å². The topological polar surface area (TPSA) is 98.9 Å². The Morgan fingerprint density at radius 2 is 2.00 bits per heavy atom. The third-order valence-electron chi connectivity index (χ3n) is 2.02. The van der Waals surface area contributed by atoms with Crippen molar-refractivity contribution in [2.45, 2.75) is 6.36 Å². The van der Waals surface area contributed by atoms with Gasteiger partial charge in [0, 0.05) is 6.07 Å². The van der Waals surface area contributed by atoms with Crippen molar-refractivity contribution in [3.05, 3.63) is 33.9 Å². The number of nitro benzene ring substituents is 1. The van der Waals surface area contributed by atoms with Gasteiger partial charge in [-0.1, -0.05) is 6.07 Å². The van der Waals surface area contributed by atoms with Gasteiger partial charge in [0.15, 0.2) is 0 Å². The summed E-state index contributed by atoms with van der Waals surface area (Å²) in [5.74, 6) is -2.11. The molecule has 1 N–H and O–H groups in total. The number of alkyl halides is 3. The molecule has 20 heavy (non-hydrogen) atoms. The lowest BCUT2D eigenvalue weighted by Crippen LogP contribution is -2.19. The van der Waals surface area contributed by atoms with Crippen molar-refractivity contribution in [1.82, 2.24) is 0 Å². The Hall–Kier alpha value is -2.36. The number of halogens is 3. The summed E-state index contributed by atoms with van der Waals surface area (Å²) < 4.78 is 43.3. The first kappa shape index (κ1) is 15.7. The monoisotopic (exact) mass is 295 g/mol. The fraction of sp³-hybridized carbons (Fsp3) is 0.300. The van der Waals surface area contributed by atoms with Crippen molar-refractivity contribution >= 4 is 11.7 Å². The van der Waals surface area contributed by atoms with E-state index in [1.807, 2.05) is 0 Å². The first-order valence-corrected chi connectivity index (χ1v) is 5.06. The number of nitro groups is 1. The van der Waals surface area contributed by atoms with Crippen LogP contribution in [0.4, 0.5) is 18.9 Å². The van der Waals surface area contributed by atoms with Gasteiger partial charge in [-0.3, -0.25) is 14.9 Å². The van der Waals surface area contributed by atoms with Crippen molar-refractivity contribution in [2.75, 3.05) is 13.2 Å². The van der Waals surface area contributed by atoms with Crippen LogP contribution in [-0.4, -0.2) is 35.6 Å². The van der Waals surface area contributed by atoms with Crippen LogP contribution in [0.2, 0.25) is 0 Å². The zero-order valence-electron chi connectivity index (χ0n) is 9.72. The number of carbonyl (C=O) groups is 1. The average molecular weight is 295 g/mol. The summed E-state index contributed by atoms with van der Waals surface area (Å²) in [6.07, 6.45) is -4.86. The Kier molecular flexibility index (Phi) is 4.86. The van der Waals surface area contributed by atoms with Gasteiger partial charge in [0.1, 0.15) is 12.2 Å². The second-order valence-electron chi connectivity index (χ2n) is 3.36. The molecule has 0 aromatic heterocycles. The molecule has 0 bridgehead atoms. The van der Waals surface area contributed by atoms with Crippen LogP contribution in [-0.2, 0) is 4.74 Å². The molecular formula is C10H8F3NO6. The third kappa shape index (κ3) is 4.39. The molecule has 0 aliphatic heterocycles. The number of hydrogen-bond donors (Lipinski definition) is 1. The number of carboxylic acid groups (broad SMARTS) is 1. The summed E-state index contributed by atoms with van der Waals surface area (Å²) in [5, 5.41) is 19.6. The molecule has 0 saturated carbocycles. The van der Waals surface area contributed by atoms with Crippen molar-refractivity contribution < 1.29 is 37.5 Å². The van der Waals surface area contributed by atoms with Crippen LogP contribution in [0, 0.1) is 10.1 Å². The highest BCUT2D eigenvalue weighted by Crippen LogP contribution is 2.31. The smallest absolute Gasteiger partial charge is 0.484 e. The molecule has 0 aliphatic carbocycles. The van der Waals surface area contributed by atoms with Gasteiger partial charge in [-0.25, -0.2) is 4.79 Å². The standard InChI is InChI=1S/C10H8F3NO6/c11-10(12,13)20-5-4-19-8-6(9(15)16)2-1-3-7(8)14(17)18/h1-3H,4-5H2,(H,15,16). The van der Waals surface area contributed by atoms with E-state index in [-0.39, 0.29) is 0 Å². The van der Waals surface area contributed by atoms with E-state index in [1.165, 1.54) is 0 Å². The molecule has 0 heterocycles. The quantitative estimate of drug-likeness (QED) is 0.490. The van der Waals surface area contributed by atoms with Crippen LogP contribution < -0.4 is 4.74 Å². The molecule has 0 spiro atoms. The molecule has 0 saturated heterocycles. The Morgan fingerprint density at radius 3 is 2.50 bits per heavy atom. The van der Waals surface area contributed by atoms with Gasteiger partial charge in [-0.15, -0.1) is 13.2 Å². The minimum Gasteiger partial charge on any atom is -0.484 e. The number of nitrogens with zero attached hydrogens (tertiary/aromatic N) is 1. The number of rotatable bonds is 6. The molecule has 7 nitrogen and oxygen atoms in total. The highest BCUT2D eigenvalue weighted by atomic mass is 19.4. The van der Waals surface area contributed by atoms with Crippen molar-refractivity contribution in [3.8, 4) is 5.75 Å². The van der Waals surface area contributed by atoms with E-state index >= 15 is 0 Å². The van der Waals surface area contributed by atoms with E-state index in [0.717, 1.165) is 18.2 Å². The van der Waals surface area contributed by atoms with Crippen molar-refractivity contribution in [1.29, 1.82) is 0 Å². The minimum atomic E-state index is -4.86. The molecule has 1 aromatic rings. The van der Waals surface area contributed by atoms with Crippen molar-refractivity contribution in [2.24, 2.45) is 0 Å². The number of carboxylic acids is 1. The first-order valence-electron chi connectivity index (χ1n) is 5.06. The number of benzene rings is 1. The number of para-hydroxylation sites is 1. The SMILES string of the molecule is O=C(O)c1cccc([N+](=O)[O-])c1OCCOC(F)(F)F. The predicted molar refractivity (Wildman–Crippen MR) is 57.6 cm³/mol. The number of aromatic carboxylic acids is 1. The average Bonchev–Trinajstić information content (AvgIpc) is 2.32. The van der Waals surface area contributed by atoms with Gasteiger partial charge >= 0.3 is 18.0 Å². The zero-order valence-corrected chi connectivity index (χ0v) is 9.72. The maximum absolute atomic E-state index is 11.7. The summed E-state index contributed by atoms with van der Waals surface area (Å²) in [4.78, 5) is 20.7. The van der Waals surface area contributed by atoms with Crippen LogP contribution in [0.25, 0.3) is 0 Å². The summed E-state index contributed by atoms with van der Waals surface area (Å²) >= 11 is 0. The molecule has 1 rings (SSSR count). The summed E-state index contributed by atoms with van der Waals surface area (Å²) in [6, 6.07) is 3.14. The Morgan fingerprint density at radius 1 is 1.35 bits per heavy atom. The van der Waals surface area contributed by atoms with Crippen molar-refractivity contribution in [3.63, 3.8) is 0 Å². The lowest BCUT2D eigenvalue weighted by atomic mass is 10.2. The molecule has 1 aromatic carbocycles. The maximum Gasteiger partial charge on any atom is 0.522 e. The normalized spacial score (nSPS) is 11.2. The fourth-order valence-corrected chi connectivity index (χ4v) is 1.29. The molecule has 0 fully saturated rings. The van der Waals surface area contributed by atoms with Crippen LogP contribution in [0.15, 0.2) is 18.2 Å². The molecule has 0 radical (unpaired) electrons. The van der Waals surface area contributed by atoms with Gasteiger partial charge in [-0.05, 0) is 6.07 Å². The molecule has 110 valence electrons. The first-order chi connectivity index (χ1) is 9.22. The summed E-state index contributed by atoms with van der Waals surface area (Å²) in [7, 11) is 0. The Balaban J connectivity index is 2.86. The van der Waals surface area contributed by atoms with Gasteiger partial charge in [0.25, 0.3) is 0 Å². The second-order valence-corrected chi connectivity index (χ2v) is 3.36. The molecular weight excluding hydrogens is 287 g/mol. The Bertz CT molecular complexity index is 484. The van der Waals surface area contributed by atoms with Crippen LogP contribution in [0.3, 0.4) is 0 Å². The number of ether oxygens (including phenoxy) is 2. The Labute approximate surface area is 109 Å². The van der Waals surface area contributed by atoms with Gasteiger partial charge in [0.05, 0.1) is 11.5 Å². The molecule has 0 unspecified atom stereocenters. The lowest BCUT2D eigenvalue weighted by Gasteiger charge is -2.10. The summed E-state index contributed by atoms with van der Waals surface area (Å²) in [6.45, 7) is -1.61. The van der Waals surface area contributed by atoms with E-state index in [4.69, 9.17) is 9.84 Å². The maximum atomic E-state index is 11.7. The van der Waals surface area contributed by atoms with E-state index in [1.54, 1.807) is 0 Å². The second kappa shape index (κ2) is 6.19. The van der Waals surface area contributed by atoms with Gasteiger partial charge in [0.2, 0.25) is 5.75 Å². The molecule has 0 aliphatic rings. The molecule has 0 atom stereocenters. The van der Waals surface area contributed by atoms with Gasteiger partial charge < -0.3 is 9.84 Å². The minimum absolute atomic E-state index is 0.522. The van der Waals surface area contributed by atoms with E-state index in [9.17, 15) is 28.1 Å². The van der Waals surface area contributed by atoms with E-state index in [0.29, 0.717) is 0 Å². The summed E-state index contributed by atoms with van der Waals surface area (Å²) in [5.41, 5.74) is -1.18. The molecule has 0 amide bonds. The molecule has 10 heteroatoms. The largest absolute Gasteiger partial charge is 0.522 e. The lowest BCUT2D eigenvalue weighted by molar-refractivity contribution is -0.386. The third-order valence-corrected chi connectivity index (χ3v) is 2.02. The zero-order chi connectivity index (χ0) is 15.3. The van der Waals surface area contributed by atoms with Crippen LogP contribution in [0.5, 0.6) is 5.75 Å². The fourth-order valence-electron chi connectivity index (χ4n) is 1.29. The number of hydrogen-bond acceptors (Lipinski definition) is 5. The van der Waals surface area contributed by atoms with Crippen LogP contribution >= 0.6 is 0 Å². The van der Waals surface area contributed by atoms with Gasteiger partial charge in [-0.2, -0.15) is 0 Å². The van der Waals surface area contributed by atoms with Crippen LogP contribution in [0.1, 0.15) is 10.4 Å². The highest BCUT2D eigenvalue weighted by molar-refractivity contribution is 5.92. The highest BCUT2D eigenvalue weighted by Gasteiger charge is 2.29. The van der Waals surface area contributed by atoms with E-state index in [2.05, 4.69) is 4.74 Å². The predicted octanol–water partition coefficient (Wildman–Crippen LogP) is 2.21.